The fourth-order valence-electron chi connectivity index (χ4n) is 8.35. The van der Waals surface area contributed by atoms with Crippen LogP contribution in [-0.2, 0) is 17.2 Å². The molecule has 3 nitrogen and oxygen atoms in total. The second-order valence-corrected chi connectivity index (χ2v) is 14.9. The Morgan fingerprint density at radius 2 is 1.56 bits per heavy atom. The Kier molecular flexibility index (Phi) is 10.5. The number of phenolic OH excluding ortho intramolecular Hbond substituents is 1. The van der Waals surface area contributed by atoms with Gasteiger partial charge < -0.3 is 10.2 Å². The topological polar surface area (TPSA) is 57.5 Å². The van der Waals surface area contributed by atoms with Crippen molar-refractivity contribution < 1.29 is 36.4 Å². The van der Waals surface area contributed by atoms with Crippen LogP contribution >= 0.6 is 0 Å². The van der Waals surface area contributed by atoms with Crippen LogP contribution in [-0.4, -0.2) is 43.6 Å². The number of aromatic hydroxyl groups is 1. The minimum atomic E-state index is -5.54. The van der Waals surface area contributed by atoms with Crippen molar-refractivity contribution in [2.45, 2.75) is 133 Å². The Morgan fingerprint density at radius 3 is 2.27 bits per heavy atom. The van der Waals surface area contributed by atoms with Crippen molar-refractivity contribution in [3.63, 3.8) is 0 Å². The summed E-state index contributed by atoms with van der Waals surface area (Å²) in [7, 11) is -1.36. The van der Waals surface area contributed by atoms with Crippen LogP contribution in [0, 0.1) is 17.3 Å². The molecule has 234 valence electrons. The third-order valence-electron chi connectivity index (χ3n) is 10.8. The molecule has 6 atom stereocenters. The number of hydrogen-bond donors (Lipinski definition) is 2. The molecule has 0 aromatic heterocycles. The van der Waals surface area contributed by atoms with E-state index in [2.05, 4.69) is 13.0 Å². The third-order valence-corrected chi connectivity index (χ3v) is 12.3. The van der Waals surface area contributed by atoms with Crippen LogP contribution in [0.1, 0.15) is 120 Å². The molecule has 3 aliphatic carbocycles. The van der Waals surface area contributed by atoms with Crippen LogP contribution in [0.3, 0.4) is 0 Å². The van der Waals surface area contributed by atoms with E-state index in [1.54, 1.807) is 0 Å². The standard InChI is InChI=1S/C32H47F5O3S/c1-29-18-14-26-25-13-11-24(38)22-23(25)10-12-27(26)28(29)15-19-30(29,39)16-7-5-3-2-4-6-8-20-41(40)21-9-17-31(33,34)32(35,36)37/h11,13,22,26-28,38-39H,2-10,12,14-21H2,1H3/t26-,27-,28+,29+,30-,41?/m1/s1. The molecule has 0 saturated heterocycles. The van der Waals surface area contributed by atoms with Crippen molar-refractivity contribution in [1.82, 2.24) is 0 Å². The molecule has 3 aliphatic rings. The van der Waals surface area contributed by atoms with Gasteiger partial charge in [-0.1, -0.05) is 51.5 Å². The van der Waals surface area contributed by atoms with Crippen molar-refractivity contribution in [3.8, 4) is 5.75 Å². The molecule has 0 radical (unpaired) electrons. The Bertz CT molecular complexity index is 1050. The first-order valence-corrected chi connectivity index (χ1v) is 17.1. The third kappa shape index (κ3) is 7.30. The zero-order chi connectivity index (χ0) is 29.9. The van der Waals surface area contributed by atoms with Crippen LogP contribution in [0.4, 0.5) is 22.0 Å². The predicted octanol–water partition coefficient (Wildman–Crippen LogP) is 8.83. The van der Waals surface area contributed by atoms with E-state index >= 15 is 0 Å². The van der Waals surface area contributed by atoms with Gasteiger partial charge in [-0.25, -0.2) is 0 Å². The highest BCUT2D eigenvalue weighted by Crippen LogP contribution is 2.65. The van der Waals surface area contributed by atoms with Gasteiger partial charge in [0.05, 0.1) is 5.60 Å². The minimum absolute atomic E-state index is 0.0408. The summed E-state index contributed by atoms with van der Waals surface area (Å²) < 4.78 is 74.4. The van der Waals surface area contributed by atoms with Gasteiger partial charge in [0.25, 0.3) is 0 Å². The minimum Gasteiger partial charge on any atom is -0.508 e. The van der Waals surface area contributed by atoms with Crippen LogP contribution in [0.25, 0.3) is 0 Å². The number of alkyl halides is 5. The Morgan fingerprint density at radius 1 is 0.902 bits per heavy atom. The van der Waals surface area contributed by atoms with Gasteiger partial charge in [0, 0.05) is 28.7 Å². The summed E-state index contributed by atoms with van der Waals surface area (Å²) in [6.07, 6.45) is 6.57. The highest BCUT2D eigenvalue weighted by molar-refractivity contribution is 7.84. The number of unbranched alkanes of at least 4 members (excludes halogenated alkanes) is 6. The number of aryl methyl sites for hydroxylation is 1. The summed E-state index contributed by atoms with van der Waals surface area (Å²) in [5, 5.41) is 21.8. The zero-order valence-corrected chi connectivity index (χ0v) is 25.1. The Balaban J connectivity index is 1.10. The first-order chi connectivity index (χ1) is 19.3. The molecule has 2 N–H and O–H groups in total. The summed E-state index contributed by atoms with van der Waals surface area (Å²) in [6.45, 7) is 2.33. The van der Waals surface area contributed by atoms with Crippen LogP contribution < -0.4 is 0 Å². The quantitative estimate of drug-likeness (QED) is 0.164. The van der Waals surface area contributed by atoms with Crippen LogP contribution in [0.15, 0.2) is 18.2 Å². The molecule has 1 aromatic rings. The van der Waals surface area contributed by atoms with E-state index in [-0.39, 0.29) is 11.2 Å². The normalized spacial score (nSPS) is 30.5. The van der Waals surface area contributed by atoms with Crippen molar-refractivity contribution in [2.24, 2.45) is 17.3 Å². The summed E-state index contributed by atoms with van der Waals surface area (Å²) >= 11 is 0. The predicted molar refractivity (Wildman–Crippen MR) is 153 cm³/mol. The van der Waals surface area contributed by atoms with Gasteiger partial charge in [0.15, 0.2) is 0 Å². The number of fused-ring (bicyclic) bond motifs is 5. The van der Waals surface area contributed by atoms with Crippen molar-refractivity contribution in [2.75, 3.05) is 11.5 Å². The molecular formula is C32H47F5O3S. The fourth-order valence-corrected chi connectivity index (χ4v) is 9.55. The first-order valence-electron chi connectivity index (χ1n) is 15.6. The molecular weight excluding hydrogens is 559 g/mol. The average molecular weight is 607 g/mol. The lowest BCUT2D eigenvalue weighted by Gasteiger charge is -2.53. The lowest BCUT2D eigenvalue weighted by Crippen LogP contribution is -2.50. The summed E-state index contributed by atoms with van der Waals surface area (Å²) in [5.41, 5.74) is 2.06. The molecule has 41 heavy (non-hydrogen) atoms. The molecule has 2 saturated carbocycles. The van der Waals surface area contributed by atoms with E-state index in [4.69, 9.17) is 0 Å². The van der Waals surface area contributed by atoms with Gasteiger partial charge in [-0.3, -0.25) is 4.21 Å². The van der Waals surface area contributed by atoms with Gasteiger partial charge in [0.1, 0.15) is 5.75 Å². The van der Waals surface area contributed by atoms with Crippen molar-refractivity contribution >= 4 is 10.8 Å². The van der Waals surface area contributed by atoms with Crippen LogP contribution in [0.5, 0.6) is 5.75 Å². The fraction of sp³-hybridized carbons (Fsp3) is 0.812. The summed E-state index contributed by atoms with van der Waals surface area (Å²) in [6, 6.07) is 5.87. The molecule has 0 bridgehead atoms. The number of rotatable bonds is 14. The number of halogens is 5. The molecule has 0 aliphatic heterocycles. The number of hydrogen-bond acceptors (Lipinski definition) is 3. The highest BCUT2D eigenvalue weighted by atomic mass is 32.2. The van der Waals surface area contributed by atoms with Gasteiger partial charge >= 0.3 is 12.1 Å². The molecule has 1 unspecified atom stereocenters. The highest BCUT2D eigenvalue weighted by Gasteiger charge is 2.61. The number of phenols is 1. The largest absolute Gasteiger partial charge is 0.508 e. The monoisotopic (exact) mass is 606 g/mol. The zero-order valence-electron chi connectivity index (χ0n) is 24.3. The number of aliphatic hydroxyl groups is 1. The van der Waals surface area contributed by atoms with Crippen molar-refractivity contribution in [1.29, 1.82) is 0 Å². The smallest absolute Gasteiger partial charge is 0.453 e. The second kappa shape index (κ2) is 13.2. The van der Waals surface area contributed by atoms with E-state index in [1.165, 1.54) is 11.1 Å². The number of benzene rings is 1. The van der Waals surface area contributed by atoms with E-state index in [0.29, 0.717) is 35.7 Å². The van der Waals surface area contributed by atoms with Crippen molar-refractivity contribution in [3.05, 3.63) is 29.3 Å². The molecule has 2 fully saturated rings. The SMILES string of the molecule is C[C@]12CC[C@@H]3c4ccc(O)cc4CC[C@H]3[C@@H]1CC[C@]2(O)CCCCCCCCCS(=O)CCCC(F)(F)C(F)(F)F. The maximum atomic E-state index is 12.9. The molecule has 0 amide bonds. The summed E-state index contributed by atoms with van der Waals surface area (Å²) in [5.74, 6) is -2.44. The van der Waals surface area contributed by atoms with E-state index in [1.807, 2.05) is 12.1 Å². The Labute approximate surface area is 244 Å². The van der Waals surface area contributed by atoms with Gasteiger partial charge in [0.2, 0.25) is 0 Å². The molecule has 1 aromatic carbocycles. The average Bonchev–Trinajstić information content (AvgIpc) is 3.17. The van der Waals surface area contributed by atoms with E-state index in [0.717, 1.165) is 83.5 Å². The summed E-state index contributed by atoms with van der Waals surface area (Å²) in [4.78, 5) is 0. The van der Waals surface area contributed by atoms with E-state index < -0.39 is 41.3 Å². The maximum absolute atomic E-state index is 12.9. The maximum Gasteiger partial charge on any atom is 0.453 e. The van der Waals surface area contributed by atoms with Crippen LogP contribution in [0.2, 0.25) is 0 Å². The van der Waals surface area contributed by atoms with Gasteiger partial charge in [-0.15, -0.1) is 0 Å². The molecule has 0 spiro atoms. The molecule has 0 heterocycles. The lowest BCUT2D eigenvalue weighted by molar-refractivity contribution is -0.284. The first kappa shape index (κ1) is 32.7. The van der Waals surface area contributed by atoms with Gasteiger partial charge in [-0.05, 0) is 104 Å². The lowest BCUT2D eigenvalue weighted by atomic mass is 9.53. The Hall–Kier alpha value is -1.22. The molecule has 4 rings (SSSR count). The van der Waals surface area contributed by atoms with E-state index in [9.17, 15) is 36.4 Å². The molecule has 9 heteroatoms. The second-order valence-electron chi connectivity index (χ2n) is 13.2. The van der Waals surface area contributed by atoms with Gasteiger partial charge in [-0.2, -0.15) is 22.0 Å².